The standard InChI is InChI=1S/C14H17NO5/c1-20-10-4-2-9(3-5-10)14(6-7-14)13(19)15-11(8-16)12(17)18/h2-5,11,16H,6-8H2,1H3,(H,15,19)(H,17,18). The number of aliphatic hydroxyl groups excluding tert-OH is 1. The van der Waals surface area contributed by atoms with Crippen LogP contribution in [0.4, 0.5) is 0 Å². The minimum Gasteiger partial charge on any atom is -0.497 e. The van der Waals surface area contributed by atoms with E-state index in [2.05, 4.69) is 5.32 Å². The van der Waals surface area contributed by atoms with Gasteiger partial charge in [-0.15, -0.1) is 0 Å². The number of methoxy groups -OCH3 is 1. The molecule has 0 bridgehead atoms. The second-order valence-electron chi connectivity index (χ2n) is 4.86. The number of benzene rings is 1. The van der Waals surface area contributed by atoms with Crippen LogP contribution in [0.1, 0.15) is 18.4 Å². The van der Waals surface area contributed by atoms with Gasteiger partial charge in [-0.1, -0.05) is 12.1 Å². The van der Waals surface area contributed by atoms with Crippen molar-refractivity contribution in [2.24, 2.45) is 0 Å². The number of amides is 1. The van der Waals surface area contributed by atoms with Gasteiger partial charge in [-0.2, -0.15) is 0 Å². The first-order chi connectivity index (χ1) is 9.53. The average Bonchev–Trinajstić information content (AvgIpc) is 3.26. The average molecular weight is 279 g/mol. The van der Waals surface area contributed by atoms with Crippen molar-refractivity contribution in [1.29, 1.82) is 0 Å². The molecular weight excluding hydrogens is 262 g/mol. The van der Waals surface area contributed by atoms with Crippen molar-refractivity contribution in [3.63, 3.8) is 0 Å². The van der Waals surface area contributed by atoms with Crippen LogP contribution in [0.15, 0.2) is 24.3 Å². The van der Waals surface area contributed by atoms with Crippen molar-refractivity contribution in [2.75, 3.05) is 13.7 Å². The van der Waals surface area contributed by atoms with Gasteiger partial charge < -0.3 is 20.3 Å². The predicted octanol–water partition coefficient (Wildman–Crippen LogP) is 0.288. The molecule has 0 radical (unpaired) electrons. The van der Waals surface area contributed by atoms with E-state index in [-0.39, 0.29) is 5.91 Å². The summed E-state index contributed by atoms with van der Waals surface area (Å²) in [7, 11) is 1.56. The van der Waals surface area contributed by atoms with E-state index < -0.39 is 24.0 Å². The number of carboxylic acids is 1. The Morgan fingerprint density at radius 2 is 1.95 bits per heavy atom. The highest BCUT2D eigenvalue weighted by Gasteiger charge is 2.51. The maximum absolute atomic E-state index is 12.2. The van der Waals surface area contributed by atoms with E-state index in [0.717, 1.165) is 5.56 Å². The number of hydrogen-bond donors (Lipinski definition) is 3. The molecule has 1 unspecified atom stereocenters. The van der Waals surface area contributed by atoms with Crippen molar-refractivity contribution in [3.8, 4) is 5.75 Å². The maximum atomic E-state index is 12.2. The summed E-state index contributed by atoms with van der Waals surface area (Å²) in [5.74, 6) is -0.903. The second kappa shape index (κ2) is 5.50. The topological polar surface area (TPSA) is 95.9 Å². The molecule has 1 amide bonds. The summed E-state index contributed by atoms with van der Waals surface area (Å²) in [6.45, 7) is -0.625. The Bertz CT molecular complexity index is 507. The van der Waals surface area contributed by atoms with Gasteiger partial charge in [0.15, 0.2) is 0 Å². The second-order valence-corrected chi connectivity index (χ2v) is 4.86. The molecule has 1 aliphatic rings. The van der Waals surface area contributed by atoms with E-state index in [0.29, 0.717) is 18.6 Å². The van der Waals surface area contributed by atoms with Crippen LogP contribution in [0, 0.1) is 0 Å². The molecule has 1 aliphatic carbocycles. The van der Waals surface area contributed by atoms with Gasteiger partial charge in [-0.05, 0) is 30.5 Å². The van der Waals surface area contributed by atoms with E-state index in [1.165, 1.54) is 0 Å². The Labute approximate surface area is 116 Å². The van der Waals surface area contributed by atoms with Crippen LogP contribution in [-0.2, 0) is 15.0 Å². The highest BCUT2D eigenvalue weighted by Crippen LogP contribution is 2.48. The lowest BCUT2D eigenvalue weighted by molar-refractivity contribution is -0.143. The third-order valence-electron chi connectivity index (χ3n) is 3.61. The predicted molar refractivity (Wildman–Crippen MR) is 70.6 cm³/mol. The van der Waals surface area contributed by atoms with Gasteiger partial charge in [-0.3, -0.25) is 4.79 Å². The SMILES string of the molecule is COc1ccc(C2(C(=O)NC(CO)C(=O)O)CC2)cc1. The van der Waals surface area contributed by atoms with Crippen LogP contribution in [0.2, 0.25) is 0 Å². The van der Waals surface area contributed by atoms with Gasteiger partial charge in [0.25, 0.3) is 0 Å². The number of hydrogen-bond acceptors (Lipinski definition) is 4. The van der Waals surface area contributed by atoms with Crippen LogP contribution in [-0.4, -0.2) is 41.8 Å². The van der Waals surface area contributed by atoms with E-state index in [9.17, 15) is 9.59 Å². The van der Waals surface area contributed by atoms with Crippen molar-refractivity contribution >= 4 is 11.9 Å². The van der Waals surface area contributed by atoms with Gasteiger partial charge in [0.05, 0.1) is 19.1 Å². The fraction of sp³-hybridized carbons (Fsp3) is 0.429. The number of nitrogens with one attached hydrogen (secondary N) is 1. The van der Waals surface area contributed by atoms with Crippen molar-refractivity contribution in [2.45, 2.75) is 24.3 Å². The third kappa shape index (κ3) is 2.60. The molecule has 1 fully saturated rings. The fourth-order valence-electron chi connectivity index (χ4n) is 2.16. The van der Waals surface area contributed by atoms with Crippen LogP contribution in [0.5, 0.6) is 5.75 Å². The first kappa shape index (κ1) is 14.3. The van der Waals surface area contributed by atoms with Gasteiger partial charge >= 0.3 is 5.97 Å². The molecule has 0 aromatic heterocycles. The van der Waals surface area contributed by atoms with Gasteiger partial charge in [0.1, 0.15) is 11.8 Å². The fourth-order valence-corrected chi connectivity index (χ4v) is 2.16. The summed E-state index contributed by atoms with van der Waals surface area (Å²) in [5.41, 5.74) is 0.160. The van der Waals surface area contributed by atoms with Crippen LogP contribution in [0.25, 0.3) is 0 Å². The summed E-state index contributed by atoms with van der Waals surface area (Å²) in [6.07, 6.45) is 1.34. The minimum atomic E-state index is -1.27. The number of carbonyl (C=O) groups excluding carboxylic acids is 1. The normalized spacial score (nSPS) is 17.1. The van der Waals surface area contributed by atoms with E-state index >= 15 is 0 Å². The smallest absolute Gasteiger partial charge is 0.328 e. The molecule has 108 valence electrons. The molecule has 1 aromatic rings. The number of rotatable bonds is 6. The van der Waals surface area contributed by atoms with E-state index in [4.69, 9.17) is 14.9 Å². The van der Waals surface area contributed by atoms with E-state index in [1.54, 1.807) is 31.4 Å². The molecule has 0 spiro atoms. The summed E-state index contributed by atoms with van der Waals surface area (Å²) >= 11 is 0. The highest BCUT2D eigenvalue weighted by atomic mass is 16.5. The van der Waals surface area contributed by atoms with Crippen molar-refractivity contribution in [3.05, 3.63) is 29.8 Å². The van der Waals surface area contributed by atoms with Crippen molar-refractivity contribution in [1.82, 2.24) is 5.32 Å². The number of carbonyl (C=O) groups is 2. The molecule has 3 N–H and O–H groups in total. The van der Waals surface area contributed by atoms with Gasteiger partial charge in [-0.25, -0.2) is 4.79 Å². The quantitative estimate of drug-likeness (QED) is 0.695. The molecule has 0 saturated heterocycles. The lowest BCUT2D eigenvalue weighted by Gasteiger charge is -2.19. The maximum Gasteiger partial charge on any atom is 0.328 e. The Kier molecular flexibility index (Phi) is 3.94. The zero-order valence-electron chi connectivity index (χ0n) is 11.1. The van der Waals surface area contributed by atoms with Crippen LogP contribution >= 0.6 is 0 Å². The minimum absolute atomic E-state index is 0.357. The van der Waals surface area contributed by atoms with Crippen LogP contribution < -0.4 is 10.1 Å². The van der Waals surface area contributed by atoms with Gasteiger partial charge in [0.2, 0.25) is 5.91 Å². The van der Waals surface area contributed by atoms with E-state index in [1.807, 2.05) is 0 Å². The molecule has 1 aromatic carbocycles. The molecule has 1 saturated carbocycles. The third-order valence-corrected chi connectivity index (χ3v) is 3.61. The summed E-state index contributed by atoms with van der Waals surface area (Å²) in [6, 6.07) is 5.88. The Morgan fingerprint density at radius 3 is 2.35 bits per heavy atom. The first-order valence-electron chi connectivity index (χ1n) is 6.32. The monoisotopic (exact) mass is 279 g/mol. The molecule has 0 heterocycles. The Balaban J connectivity index is 2.13. The Hall–Kier alpha value is -2.08. The largest absolute Gasteiger partial charge is 0.497 e. The molecular formula is C14H17NO5. The zero-order valence-corrected chi connectivity index (χ0v) is 11.1. The number of ether oxygens (including phenoxy) is 1. The van der Waals surface area contributed by atoms with Gasteiger partial charge in [0, 0.05) is 0 Å². The molecule has 20 heavy (non-hydrogen) atoms. The van der Waals surface area contributed by atoms with Crippen LogP contribution in [0.3, 0.4) is 0 Å². The molecule has 6 nitrogen and oxygen atoms in total. The number of aliphatic hydroxyl groups is 1. The first-order valence-corrected chi connectivity index (χ1v) is 6.32. The lowest BCUT2D eigenvalue weighted by Crippen LogP contribution is -2.47. The molecule has 6 heteroatoms. The zero-order chi connectivity index (χ0) is 14.8. The highest BCUT2D eigenvalue weighted by molar-refractivity contribution is 5.94. The number of carboxylic acid groups (broad SMARTS) is 1. The summed E-state index contributed by atoms with van der Waals surface area (Å²) < 4.78 is 5.06. The summed E-state index contributed by atoms with van der Waals surface area (Å²) in [4.78, 5) is 23.1. The van der Waals surface area contributed by atoms with Crippen molar-refractivity contribution < 1.29 is 24.5 Å². The molecule has 2 rings (SSSR count). The Morgan fingerprint density at radius 1 is 1.35 bits per heavy atom. The molecule has 1 atom stereocenters. The number of aliphatic carboxylic acids is 1. The summed E-state index contributed by atoms with van der Waals surface area (Å²) in [5, 5.41) is 20.2. The lowest BCUT2D eigenvalue weighted by atomic mass is 9.94. The molecule has 0 aliphatic heterocycles.